The Kier molecular flexibility index (Phi) is 3.87. The summed E-state index contributed by atoms with van der Waals surface area (Å²) in [6.07, 6.45) is 0.986. The van der Waals surface area contributed by atoms with Crippen molar-refractivity contribution in [2.45, 2.75) is 25.5 Å². The number of hydrogen-bond donors (Lipinski definition) is 2. The molecule has 148 valence electrons. The van der Waals surface area contributed by atoms with Gasteiger partial charge in [-0.15, -0.1) is 0 Å². The van der Waals surface area contributed by atoms with E-state index in [1.54, 1.807) is 29.2 Å². The quantitative estimate of drug-likeness (QED) is 0.666. The minimum atomic E-state index is -0.791. The fraction of sp³-hybridized carbons (Fsp3) is 0.273. The van der Waals surface area contributed by atoms with E-state index < -0.39 is 5.72 Å². The van der Waals surface area contributed by atoms with E-state index in [9.17, 15) is 14.0 Å². The normalized spacial score (nSPS) is 17.7. The van der Waals surface area contributed by atoms with E-state index in [1.165, 1.54) is 12.1 Å². The zero-order chi connectivity index (χ0) is 20.2. The predicted octanol–water partition coefficient (Wildman–Crippen LogP) is 3.37. The maximum absolute atomic E-state index is 13.6. The highest BCUT2D eigenvalue weighted by atomic mass is 19.1. The molecule has 0 unspecified atom stereocenters. The van der Waals surface area contributed by atoms with Gasteiger partial charge < -0.3 is 19.9 Å². The van der Waals surface area contributed by atoms with Crippen LogP contribution in [-0.2, 0) is 0 Å². The van der Waals surface area contributed by atoms with Crippen LogP contribution in [0.1, 0.15) is 39.3 Å². The molecule has 2 aromatic carbocycles. The molecule has 3 heterocycles. The maximum atomic E-state index is 13.6. The lowest BCUT2D eigenvalue weighted by Gasteiger charge is -2.44. The number of piperidine rings is 1. The standard InChI is InChI=1S/C22H20FN3O3/c1-13-16-12-14(23)6-7-17(16)24-19(13)21(28)26-10-8-22(9-11-26)25-20(27)15-4-2-3-5-18(15)29-22/h2-7,12,24H,8-11H2,1H3,(H,25,27). The van der Waals surface area contributed by atoms with Crippen molar-refractivity contribution in [1.29, 1.82) is 0 Å². The number of aryl methyl sites for hydroxylation is 1. The molecular formula is C22H20FN3O3. The first-order chi connectivity index (χ1) is 14.0. The molecule has 2 N–H and O–H groups in total. The maximum Gasteiger partial charge on any atom is 0.270 e. The molecule has 1 spiro atoms. The van der Waals surface area contributed by atoms with Crippen LogP contribution in [-0.4, -0.2) is 40.5 Å². The van der Waals surface area contributed by atoms with Crippen molar-refractivity contribution in [3.05, 3.63) is 65.1 Å². The number of halogens is 1. The Morgan fingerprint density at radius 2 is 1.93 bits per heavy atom. The van der Waals surface area contributed by atoms with Gasteiger partial charge in [-0.2, -0.15) is 0 Å². The predicted molar refractivity (Wildman–Crippen MR) is 105 cm³/mol. The smallest absolute Gasteiger partial charge is 0.270 e. The number of aromatic nitrogens is 1. The summed E-state index contributed by atoms with van der Waals surface area (Å²) in [7, 11) is 0. The monoisotopic (exact) mass is 393 g/mol. The van der Waals surface area contributed by atoms with Crippen LogP contribution in [0.5, 0.6) is 5.75 Å². The number of likely N-dealkylation sites (tertiary alicyclic amines) is 1. The number of carbonyl (C=O) groups excluding carboxylic acids is 2. The lowest BCUT2D eigenvalue weighted by Crippen LogP contribution is -2.61. The largest absolute Gasteiger partial charge is 0.467 e. The second-order valence-electron chi connectivity index (χ2n) is 7.65. The van der Waals surface area contributed by atoms with E-state index in [1.807, 2.05) is 13.0 Å². The SMILES string of the molecule is Cc1c(C(=O)N2CCC3(CC2)NC(=O)c2ccccc2O3)[nH]c2ccc(F)cc12. The van der Waals surface area contributed by atoms with Crippen molar-refractivity contribution in [2.24, 2.45) is 0 Å². The first kappa shape index (κ1) is 17.7. The fourth-order valence-corrected chi connectivity index (χ4v) is 4.22. The van der Waals surface area contributed by atoms with Crippen molar-refractivity contribution in [3.63, 3.8) is 0 Å². The molecule has 1 saturated heterocycles. The fourth-order valence-electron chi connectivity index (χ4n) is 4.22. The lowest BCUT2D eigenvalue weighted by molar-refractivity contribution is -0.0246. The minimum Gasteiger partial charge on any atom is -0.467 e. The third kappa shape index (κ3) is 2.85. The molecule has 2 amide bonds. The molecule has 1 fully saturated rings. The van der Waals surface area contributed by atoms with Gasteiger partial charge in [0, 0.05) is 36.8 Å². The van der Waals surface area contributed by atoms with Gasteiger partial charge in [-0.3, -0.25) is 9.59 Å². The summed E-state index contributed by atoms with van der Waals surface area (Å²) < 4.78 is 19.7. The minimum absolute atomic E-state index is 0.128. The first-order valence-electron chi connectivity index (χ1n) is 9.63. The van der Waals surface area contributed by atoms with Crippen molar-refractivity contribution < 1.29 is 18.7 Å². The molecular weight excluding hydrogens is 373 g/mol. The summed E-state index contributed by atoms with van der Waals surface area (Å²) >= 11 is 0. The number of carbonyl (C=O) groups is 2. The number of nitrogens with zero attached hydrogens (tertiary/aromatic N) is 1. The summed E-state index contributed by atoms with van der Waals surface area (Å²) in [6.45, 7) is 2.72. The van der Waals surface area contributed by atoms with E-state index in [2.05, 4.69) is 10.3 Å². The number of aromatic amines is 1. The summed E-state index contributed by atoms with van der Waals surface area (Å²) in [5, 5.41) is 3.69. The number of H-pyrrole nitrogens is 1. The molecule has 1 aromatic heterocycles. The van der Waals surface area contributed by atoms with E-state index >= 15 is 0 Å². The second kappa shape index (κ2) is 6.34. The zero-order valence-electron chi connectivity index (χ0n) is 15.9. The zero-order valence-corrected chi connectivity index (χ0v) is 15.9. The summed E-state index contributed by atoms with van der Waals surface area (Å²) in [5.74, 6) is -0.0369. The molecule has 29 heavy (non-hydrogen) atoms. The van der Waals surface area contributed by atoms with Gasteiger partial charge in [0.25, 0.3) is 11.8 Å². The van der Waals surface area contributed by atoms with Crippen molar-refractivity contribution >= 4 is 22.7 Å². The Balaban J connectivity index is 1.35. The Hall–Kier alpha value is -3.35. The van der Waals surface area contributed by atoms with Gasteiger partial charge in [0.2, 0.25) is 0 Å². The van der Waals surface area contributed by atoms with Crippen molar-refractivity contribution in [2.75, 3.05) is 13.1 Å². The number of ether oxygens (including phenoxy) is 1. The van der Waals surface area contributed by atoms with Crippen LogP contribution in [0, 0.1) is 12.7 Å². The van der Waals surface area contributed by atoms with Crippen LogP contribution in [0.25, 0.3) is 10.9 Å². The number of fused-ring (bicyclic) bond motifs is 2. The van der Waals surface area contributed by atoms with Gasteiger partial charge in [0.05, 0.1) is 5.56 Å². The van der Waals surface area contributed by atoms with Gasteiger partial charge in [-0.1, -0.05) is 12.1 Å². The third-order valence-electron chi connectivity index (χ3n) is 5.87. The highest BCUT2D eigenvalue weighted by Crippen LogP contribution is 2.34. The summed E-state index contributed by atoms with van der Waals surface area (Å²) in [6, 6.07) is 11.6. The Bertz CT molecular complexity index is 1150. The van der Waals surface area contributed by atoms with E-state index in [-0.39, 0.29) is 17.6 Å². The average molecular weight is 393 g/mol. The van der Waals surface area contributed by atoms with Gasteiger partial charge in [-0.05, 0) is 42.8 Å². The third-order valence-corrected chi connectivity index (χ3v) is 5.87. The molecule has 2 aliphatic rings. The van der Waals surface area contributed by atoms with Crippen LogP contribution in [0.4, 0.5) is 4.39 Å². The molecule has 0 atom stereocenters. The number of benzene rings is 2. The Morgan fingerprint density at radius 1 is 1.17 bits per heavy atom. The number of hydrogen-bond acceptors (Lipinski definition) is 3. The van der Waals surface area contributed by atoms with E-state index in [4.69, 9.17) is 4.74 Å². The van der Waals surface area contributed by atoms with Crippen LogP contribution >= 0.6 is 0 Å². The van der Waals surface area contributed by atoms with E-state index in [0.29, 0.717) is 48.3 Å². The highest BCUT2D eigenvalue weighted by molar-refractivity contribution is 6.01. The second-order valence-corrected chi connectivity index (χ2v) is 7.65. The van der Waals surface area contributed by atoms with Crippen molar-refractivity contribution in [3.8, 4) is 5.75 Å². The lowest BCUT2D eigenvalue weighted by atomic mass is 9.96. The Labute approximate surface area is 166 Å². The van der Waals surface area contributed by atoms with Crippen LogP contribution in [0.3, 0.4) is 0 Å². The highest BCUT2D eigenvalue weighted by Gasteiger charge is 2.43. The number of amides is 2. The molecule has 5 rings (SSSR count). The molecule has 0 bridgehead atoms. The average Bonchev–Trinajstić information content (AvgIpc) is 3.04. The van der Waals surface area contributed by atoms with Gasteiger partial charge in [0.15, 0.2) is 5.72 Å². The summed E-state index contributed by atoms with van der Waals surface area (Å²) in [5.41, 5.74) is 1.68. The molecule has 2 aliphatic heterocycles. The molecule has 7 heteroatoms. The molecule has 3 aromatic rings. The van der Waals surface area contributed by atoms with Crippen LogP contribution < -0.4 is 10.1 Å². The first-order valence-corrected chi connectivity index (χ1v) is 9.63. The van der Waals surface area contributed by atoms with Crippen LogP contribution in [0.15, 0.2) is 42.5 Å². The number of para-hydroxylation sites is 1. The number of rotatable bonds is 1. The van der Waals surface area contributed by atoms with Crippen molar-refractivity contribution in [1.82, 2.24) is 15.2 Å². The molecule has 0 radical (unpaired) electrons. The van der Waals surface area contributed by atoms with Gasteiger partial charge in [-0.25, -0.2) is 4.39 Å². The molecule has 6 nitrogen and oxygen atoms in total. The topological polar surface area (TPSA) is 74.4 Å². The Morgan fingerprint density at radius 3 is 2.72 bits per heavy atom. The number of nitrogens with one attached hydrogen (secondary N) is 2. The summed E-state index contributed by atoms with van der Waals surface area (Å²) in [4.78, 5) is 30.4. The van der Waals surface area contributed by atoms with Gasteiger partial charge >= 0.3 is 0 Å². The van der Waals surface area contributed by atoms with Gasteiger partial charge in [0.1, 0.15) is 17.3 Å². The van der Waals surface area contributed by atoms with E-state index in [0.717, 1.165) is 11.1 Å². The van der Waals surface area contributed by atoms with Crippen LogP contribution in [0.2, 0.25) is 0 Å². The molecule has 0 aliphatic carbocycles. The molecule has 0 saturated carbocycles.